The standard InChI is InChI=1S/C21H31N3O3/c1-27-16-2-13-24-17-21(8-5-20(24)26)9-14-23(15-10-21)19(25)4-3-18-6-11-22-12-7-18/h6-7,11-12H,2-5,8-10,13-17H2,1H3. The molecule has 0 radical (unpaired) electrons. The zero-order valence-corrected chi connectivity index (χ0v) is 16.4. The van der Waals surface area contributed by atoms with Gasteiger partial charge in [-0.15, -0.1) is 0 Å². The lowest BCUT2D eigenvalue weighted by atomic mass is 9.72. The first-order valence-corrected chi connectivity index (χ1v) is 10.1. The maximum absolute atomic E-state index is 12.6. The number of aromatic nitrogens is 1. The van der Waals surface area contributed by atoms with Crippen LogP contribution in [0.25, 0.3) is 0 Å². The van der Waals surface area contributed by atoms with Gasteiger partial charge in [0, 0.05) is 65.1 Å². The van der Waals surface area contributed by atoms with Crippen LogP contribution in [0.5, 0.6) is 0 Å². The van der Waals surface area contributed by atoms with E-state index in [4.69, 9.17) is 4.74 Å². The number of hydrogen-bond donors (Lipinski definition) is 0. The first-order valence-electron chi connectivity index (χ1n) is 10.1. The third-order valence-corrected chi connectivity index (χ3v) is 6.08. The number of amides is 2. The van der Waals surface area contributed by atoms with Crippen molar-refractivity contribution in [1.29, 1.82) is 0 Å². The molecule has 2 saturated heterocycles. The summed E-state index contributed by atoms with van der Waals surface area (Å²) in [5.41, 5.74) is 1.35. The Bertz CT molecular complexity index is 627. The Labute approximate surface area is 161 Å². The lowest BCUT2D eigenvalue weighted by molar-refractivity contribution is -0.142. The number of ether oxygens (including phenoxy) is 1. The van der Waals surface area contributed by atoms with Gasteiger partial charge in [0.05, 0.1) is 0 Å². The smallest absolute Gasteiger partial charge is 0.222 e. The van der Waals surface area contributed by atoms with E-state index in [0.29, 0.717) is 19.4 Å². The van der Waals surface area contributed by atoms with Crippen LogP contribution in [-0.2, 0) is 20.7 Å². The summed E-state index contributed by atoms with van der Waals surface area (Å²) in [5, 5.41) is 0. The number of nitrogens with zero attached hydrogens (tertiary/aromatic N) is 3. The van der Waals surface area contributed by atoms with E-state index in [-0.39, 0.29) is 17.2 Å². The van der Waals surface area contributed by atoms with E-state index in [2.05, 4.69) is 4.98 Å². The van der Waals surface area contributed by atoms with Crippen molar-refractivity contribution < 1.29 is 14.3 Å². The molecule has 0 unspecified atom stereocenters. The van der Waals surface area contributed by atoms with E-state index in [1.165, 1.54) is 0 Å². The molecule has 1 aromatic heterocycles. The second-order valence-corrected chi connectivity index (χ2v) is 7.90. The molecule has 27 heavy (non-hydrogen) atoms. The lowest BCUT2D eigenvalue weighted by Crippen LogP contribution is -2.52. The van der Waals surface area contributed by atoms with Crippen LogP contribution in [0.3, 0.4) is 0 Å². The molecule has 2 fully saturated rings. The molecule has 0 atom stereocenters. The molecule has 148 valence electrons. The minimum atomic E-state index is 0.197. The monoisotopic (exact) mass is 373 g/mol. The van der Waals surface area contributed by atoms with Gasteiger partial charge in [-0.3, -0.25) is 14.6 Å². The molecule has 0 aliphatic carbocycles. The number of rotatable bonds is 7. The normalized spacial score (nSPS) is 19.5. The van der Waals surface area contributed by atoms with Crippen LogP contribution in [0, 0.1) is 5.41 Å². The lowest BCUT2D eigenvalue weighted by Gasteiger charge is -2.47. The number of pyridine rings is 1. The predicted octanol–water partition coefficient (Wildman–Crippen LogP) is 2.28. The summed E-state index contributed by atoms with van der Waals surface area (Å²) in [6, 6.07) is 3.94. The van der Waals surface area contributed by atoms with Crippen LogP contribution in [0.15, 0.2) is 24.5 Å². The summed E-state index contributed by atoms with van der Waals surface area (Å²) in [6.45, 7) is 3.94. The van der Waals surface area contributed by atoms with E-state index in [1.807, 2.05) is 21.9 Å². The largest absolute Gasteiger partial charge is 0.385 e. The molecule has 2 aliphatic heterocycles. The third kappa shape index (κ3) is 5.28. The number of piperidine rings is 2. The third-order valence-electron chi connectivity index (χ3n) is 6.08. The van der Waals surface area contributed by atoms with E-state index in [9.17, 15) is 9.59 Å². The highest BCUT2D eigenvalue weighted by Gasteiger charge is 2.41. The second kappa shape index (κ2) is 9.31. The van der Waals surface area contributed by atoms with Crippen molar-refractivity contribution in [2.75, 3.05) is 39.9 Å². The zero-order valence-electron chi connectivity index (χ0n) is 16.4. The molecule has 1 aromatic rings. The van der Waals surface area contributed by atoms with Gasteiger partial charge in [-0.1, -0.05) is 0 Å². The molecule has 3 rings (SSSR count). The van der Waals surface area contributed by atoms with Crippen molar-refractivity contribution in [2.24, 2.45) is 5.41 Å². The zero-order chi connectivity index (χ0) is 19.1. The summed E-state index contributed by atoms with van der Waals surface area (Å²) in [4.78, 5) is 32.8. The van der Waals surface area contributed by atoms with Crippen molar-refractivity contribution >= 4 is 11.8 Å². The summed E-state index contributed by atoms with van der Waals surface area (Å²) in [7, 11) is 1.70. The highest BCUT2D eigenvalue weighted by atomic mass is 16.5. The van der Waals surface area contributed by atoms with Crippen LogP contribution in [0.1, 0.15) is 44.1 Å². The van der Waals surface area contributed by atoms with Crippen molar-refractivity contribution in [3.8, 4) is 0 Å². The number of aryl methyl sites for hydroxylation is 1. The van der Waals surface area contributed by atoms with Gasteiger partial charge in [-0.2, -0.15) is 0 Å². The maximum atomic E-state index is 12.6. The molecule has 6 nitrogen and oxygen atoms in total. The van der Waals surface area contributed by atoms with Gasteiger partial charge in [-0.05, 0) is 55.2 Å². The number of hydrogen-bond acceptors (Lipinski definition) is 4. The van der Waals surface area contributed by atoms with Crippen molar-refractivity contribution in [1.82, 2.24) is 14.8 Å². The van der Waals surface area contributed by atoms with Gasteiger partial charge >= 0.3 is 0 Å². The van der Waals surface area contributed by atoms with E-state index >= 15 is 0 Å². The predicted molar refractivity (Wildman–Crippen MR) is 103 cm³/mol. The molecule has 3 heterocycles. The Hall–Kier alpha value is -1.95. The van der Waals surface area contributed by atoms with Crippen molar-refractivity contribution in [3.05, 3.63) is 30.1 Å². The molecule has 1 spiro atoms. The molecule has 0 N–H and O–H groups in total. The topological polar surface area (TPSA) is 62.7 Å². The summed E-state index contributed by atoms with van der Waals surface area (Å²) < 4.78 is 5.11. The average Bonchev–Trinajstić information content (AvgIpc) is 2.70. The fourth-order valence-electron chi connectivity index (χ4n) is 4.30. The van der Waals surface area contributed by atoms with Gasteiger partial charge in [-0.25, -0.2) is 0 Å². The quantitative estimate of drug-likeness (QED) is 0.688. The Kier molecular flexibility index (Phi) is 6.83. The summed E-state index contributed by atoms with van der Waals surface area (Å²) >= 11 is 0. The van der Waals surface area contributed by atoms with Crippen LogP contribution >= 0.6 is 0 Å². The molecule has 0 bridgehead atoms. The van der Waals surface area contributed by atoms with E-state index < -0.39 is 0 Å². The van der Waals surface area contributed by atoms with Crippen LogP contribution in [0.2, 0.25) is 0 Å². The van der Waals surface area contributed by atoms with Gasteiger partial charge in [0.25, 0.3) is 0 Å². The maximum Gasteiger partial charge on any atom is 0.222 e. The van der Waals surface area contributed by atoms with Gasteiger partial charge < -0.3 is 14.5 Å². The highest BCUT2D eigenvalue weighted by Crippen LogP contribution is 2.40. The van der Waals surface area contributed by atoms with Crippen LogP contribution in [0.4, 0.5) is 0 Å². The van der Waals surface area contributed by atoms with Crippen LogP contribution < -0.4 is 0 Å². The molecular formula is C21H31N3O3. The number of likely N-dealkylation sites (tertiary alicyclic amines) is 2. The number of methoxy groups -OCH3 is 1. The minimum Gasteiger partial charge on any atom is -0.385 e. The van der Waals surface area contributed by atoms with E-state index in [1.54, 1.807) is 19.5 Å². The van der Waals surface area contributed by atoms with Gasteiger partial charge in [0.1, 0.15) is 0 Å². The number of carbonyl (C=O) groups excluding carboxylic acids is 2. The Balaban J connectivity index is 1.47. The Morgan fingerprint density at radius 1 is 1.22 bits per heavy atom. The molecule has 0 aromatic carbocycles. The first-order chi connectivity index (χ1) is 13.1. The average molecular weight is 373 g/mol. The Morgan fingerprint density at radius 2 is 1.96 bits per heavy atom. The molecule has 2 amide bonds. The fourth-order valence-corrected chi connectivity index (χ4v) is 4.30. The van der Waals surface area contributed by atoms with E-state index in [0.717, 1.165) is 63.8 Å². The second-order valence-electron chi connectivity index (χ2n) is 7.90. The minimum absolute atomic E-state index is 0.197. The van der Waals surface area contributed by atoms with Crippen molar-refractivity contribution in [2.45, 2.75) is 44.9 Å². The SMILES string of the molecule is COCCCN1CC2(CCC1=O)CCN(C(=O)CCc1ccncc1)CC2. The fraction of sp³-hybridized carbons (Fsp3) is 0.667. The summed E-state index contributed by atoms with van der Waals surface area (Å²) in [6.07, 6.45) is 9.36. The van der Waals surface area contributed by atoms with Gasteiger partial charge in [0.2, 0.25) is 11.8 Å². The number of carbonyl (C=O) groups is 2. The molecule has 2 aliphatic rings. The Morgan fingerprint density at radius 3 is 2.67 bits per heavy atom. The molecule has 6 heteroatoms. The summed E-state index contributed by atoms with van der Waals surface area (Å²) in [5.74, 6) is 0.512. The van der Waals surface area contributed by atoms with Gasteiger partial charge in [0.15, 0.2) is 0 Å². The van der Waals surface area contributed by atoms with Crippen LogP contribution in [-0.4, -0.2) is 66.5 Å². The molecule has 0 saturated carbocycles. The molecular weight excluding hydrogens is 342 g/mol. The highest BCUT2D eigenvalue weighted by molar-refractivity contribution is 5.77. The first kappa shape index (κ1) is 19.8. The van der Waals surface area contributed by atoms with Crippen molar-refractivity contribution in [3.63, 3.8) is 0 Å².